The minimum atomic E-state index is -0.440. The maximum atomic E-state index is 2.50. The van der Waals surface area contributed by atoms with Gasteiger partial charge in [0.15, 0.2) is 0 Å². The van der Waals surface area contributed by atoms with Crippen LogP contribution < -0.4 is 4.90 Å². The van der Waals surface area contributed by atoms with E-state index in [1.807, 2.05) is 0 Å². The highest BCUT2D eigenvalue weighted by atomic mass is 15.1. The van der Waals surface area contributed by atoms with Crippen LogP contribution in [0, 0.1) is 0 Å². The van der Waals surface area contributed by atoms with E-state index in [1.54, 1.807) is 0 Å². The lowest BCUT2D eigenvalue weighted by Crippen LogP contribution is -2.26. The molecule has 62 heavy (non-hydrogen) atoms. The molecule has 0 bridgehead atoms. The lowest BCUT2D eigenvalue weighted by molar-refractivity contribution is 0.793. The third kappa shape index (κ3) is 4.91. The molecule has 0 aliphatic heterocycles. The van der Waals surface area contributed by atoms with Crippen molar-refractivity contribution in [2.75, 3.05) is 4.90 Å². The fraction of sp³-hybridized carbons (Fsp3) is 0.0164. The van der Waals surface area contributed by atoms with Crippen LogP contribution in [-0.4, -0.2) is 0 Å². The summed E-state index contributed by atoms with van der Waals surface area (Å²) in [7, 11) is 0. The smallest absolute Gasteiger partial charge is 0.0726 e. The summed E-state index contributed by atoms with van der Waals surface area (Å²) >= 11 is 0. The molecule has 0 amide bonds. The van der Waals surface area contributed by atoms with Crippen molar-refractivity contribution in [2.24, 2.45) is 0 Å². The van der Waals surface area contributed by atoms with E-state index in [2.05, 4.69) is 241 Å². The highest BCUT2D eigenvalue weighted by Gasteiger charge is 2.51. The van der Waals surface area contributed by atoms with Gasteiger partial charge in [0.05, 0.1) is 5.41 Å². The fourth-order valence-corrected chi connectivity index (χ4v) is 11.1. The van der Waals surface area contributed by atoms with Gasteiger partial charge in [-0.15, -0.1) is 0 Å². The van der Waals surface area contributed by atoms with Crippen LogP contribution in [-0.2, 0) is 5.41 Å². The van der Waals surface area contributed by atoms with Gasteiger partial charge in [0.1, 0.15) is 0 Å². The maximum absolute atomic E-state index is 2.50. The van der Waals surface area contributed by atoms with Crippen LogP contribution in [0.1, 0.15) is 22.3 Å². The number of rotatable bonds is 5. The molecule has 0 atom stereocenters. The molecule has 0 fully saturated rings. The zero-order valence-corrected chi connectivity index (χ0v) is 34.0. The van der Waals surface area contributed by atoms with Gasteiger partial charge >= 0.3 is 0 Å². The molecule has 11 aromatic rings. The van der Waals surface area contributed by atoms with Crippen molar-refractivity contribution in [3.05, 3.63) is 259 Å². The molecular weight excluding hydrogens is 747 g/mol. The summed E-state index contributed by atoms with van der Waals surface area (Å²) < 4.78 is 0. The first-order valence-corrected chi connectivity index (χ1v) is 21.6. The molecule has 11 aromatic carbocycles. The summed E-state index contributed by atoms with van der Waals surface area (Å²) in [5, 5.41) is 7.61. The highest BCUT2D eigenvalue weighted by Crippen LogP contribution is 2.63. The second-order valence-electron chi connectivity index (χ2n) is 16.7. The van der Waals surface area contributed by atoms with Gasteiger partial charge in [0.2, 0.25) is 0 Å². The van der Waals surface area contributed by atoms with E-state index < -0.39 is 5.41 Å². The van der Waals surface area contributed by atoms with Gasteiger partial charge in [-0.05, 0) is 135 Å². The molecule has 2 aliphatic carbocycles. The summed E-state index contributed by atoms with van der Waals surface area (Å²) in [5.41, 5.74) is 18.3. The van der Waals surface area contributed by atoms with Gasteiger partial charge in [0.25, 0.3) is 0 Å². The number of anilines is 3. The van der Waals surface area contributed by atoms with Crippen LogP contribution >= 0.6 is 0 Å². The van der Waals surface area contributed by atoms with E-state index in [0.29, 0.717) is 0 Å². The van der Waals surface area contributed by atoms with Gasteiger partial charge in [-0.3, -0.25) is 0 Å². The predicted molar refractivity (Wildman–Crippen MR) is 261 cm³/mol. The molecule has 0 heterocycles. The van der Waals surface area contributed by atoms with Crippen molar-refractivity contribution < 1.29 is 0 Å². The van der Waals surface area contributed by atoms with Crippen LogP contribution in [0.4, 0.5) is 17.1 Å². The molecular formula is C61H39N. The van der Waals surface area contributed by atoms with Crippen LogP contribution in [0.3, 0.4) is 0 Å². The first-order chi connectivity index (χ1) is 30.8. The summed E-state index contributed by atoms with van der Waals surface area (Å²) in [5.74, 6) is 0. The summed E-state index contributed by atoms with van der Waals surface area (Å²) in [6, 6.07) is 87.8. The standard InChI is InChI=1S/C61H39N/c1-2-16-40(17-3-1)45-18-4-5-19-46(45)41-30-32-42(33-31-41)62(43-34-36-51-49-22-7-6-20-47(49)48-21-8-9-23-50(48)56(51)38-43)44-35-37-55-54-26-12-15-29-59(54)61(60(55)39-44)57-27-13-10-24-52(57)53-25-11-14-28-58(53)61/h1-39H. The number of benzene rings is 11. The summed E-state index contributed by atoms with van der Waals surface area (Å²) in [6.45, 7) is 0. The van der Waals surface area contributed by atoms with E-state index in [0.717, 1.165) is 17.1 Å². The molecule has 0 radical (unpaired) electrons. The van der Waals surface area contributed by atoms with Gasteiger partial charge in [-0.2, -0.15) is 0 Å². The van der Waals surface area contributed by atoms with E-state index in [9.17, 15) is 0 Å². The molecule has 0 N–H and O–H groups in total. The zero-order valence-electron chi connectivity index (χ0n) is 34.0. The lowest BCUT2D eigenvalue weighted by Gasteiger charge is -2.32. The Kier molecular flexibility index (Phi) is 7.59. The number of hydrogen-bond acceptors (Lipinski definition) is 1. The Balaban J connectivity index is 1.05. The van der Waals surface area contributed by atoms with Gasteiger partial charge in [0, 0.05) is 17.1 Å². The molecule has 0 saturated heterocycles. The van der Waals surface area contributed by atoms with Crippen molar-refractivity contribution in [3.8, 4) is 44.5 Å². The van der Waals surface area contributed by atoms with Crippen molar-refractivity contribution in [1.82, 2.24) is 0 Å². The lowest BCUT2D eigenvalue weighted by atomic mass is 9.70. The van der Waals surface area contributed by atoms with Gasteiger partial charge in [-0.1, -0.05) is 200 Å². The monoisotopic (exact) mass is 785 g/mol. The van der Waals surface area contributed by atoms with Crippen LogP contribution in [0.25, 0.3) is 76.8 Å². The molecule has 0 saturated carbocycles. The normalized spacial score (nSPS) is 13.0. The Morgan fingerprint density at radius 2 is 0.597 bits per heavy atom. The number of fused-ring (bicyclic) bond motifs is 16. The first-order valence-electron chi connectivity index (χ1n) is 21.6. The Hall–Kier alpha value is -8.00. The quantitative estimate of drug-likeness (QED) is 0.157. The topological polar surface area (TPSA) is 3.24 Å². The number of hydrogen-bond donors (Lipinski definition) is 0. The molecule has 0 unspecified atom stereocenters. The molecule has 1 spiro atoms. The van der Waals surface area contributed by atoms with Crippen LogP contribution in [0.15, 0.2) is 237 Å². The molecule has 13 rings (SSSR count). The van der Waals surface area contributed by atoms with E-state index in [4.69, 9.17) is 0 Å². The van der Waals surface area contributed by atoms with Crippen LogP contribution in [0.2, 0.25) is 0 Å². The number of nitrogens with zero attached hydrogens (tertiary/aromatic N) is 1. The molecule has 288 valence electrons. The highest BCUT2D eigenvalue weighted by molar-refractivity contribution is 6.25. The minimum Gasteiger partial charge on any atom is -0.310 e. The van der Waals surface area contributed by atoms with Gasteiger partial charge in [-0.25, -0.2) is 0 Å². The predicted octanol–water partition coefficient (Wildman–Crippen LogP) is 16.3. The molecule has 2 aliphatic rings. The van der Waals surface area contributed by atoms with E-state index in [-0.39, 0.29) is 0 Å². The SMILES string of the molecule is c1ccc(-c2ccccc2-c2ccc(N(c3ccc4c(c3)C3(c5ccccc5-c5ccccc53)c3ccccc3-4)c3ccc4c5ccccc5c5ccccc5c4c3)cc2)cc1. The Bertz CT molecular complexity index is 3480. The van der Waals surface area contributed by atoms with Crippen molar-refractivity contribution in [1.29, 1.82) is 0 Å². The largest absolute Gasteiger partial charge is 0.310 e. The van der Waals surface area contributed by atoms with Crippen molar-refractivity contribution in [3.63, 3.8) is 0 Å². The van der Waals surface area contributed by atoms with E-state index in [1.165, 1.54) is 99.1 Å². The third-order valence-corrected chi connectivity index (χ3v) is 13.7. The van der Waals surface area contributed by atoms with Crippen molar-refractivity contribution in [2.45, 2.75) is 5.41 Å². The van der Waals surface area contributed by atoms with Crippen LogP contribution in [0.5, 0.6) is 0 Å². The summed E-state index contributed by atoms with van der Waals surface area (Å²) in [6.07, 6.45) is 0. The second-order valence-corrected chi connectivity index (χ2v) is 16.7. The van der Waals surface area contributed by atoms with Crippen molar-refractivity contribution >= 4 is 49.4 Å². The average Bonchev–Trinajstić information content (AvgIpc) is 3.82. The van der Waals surface area contributed by atoms with E-state index >= 15 is 0 Å². The Labute approximate surface area is 361 Å². The molecule has 0 aromatic heterocycles. The third-order valence-electron chi connectivity index (χ3n) is 13.7. The summed E-state index contributed by atoms with van der Waals surface area (Å²) in [4.78, 5) is 2.47. The fourth-order valence-electron chi connectivity index (χ4n) is 11.1. The van der Waals surface area contributed by atoms with Gasteiger partial charge < -0.3 is 4.90 Å². The Morgan fingerprint density at radius 3 is 1.15 bits per heavy atom. The molecule has 1 heteroatoms. The molecule has 1 nitrogen and oxygen atoms in total. The first kappa shape index (κ1) is 34.8. The Morgan fingerprint density at radius 1 is 0.226 bits per heavy atom. The average molecular weight is 786 g/mol. The zero-order chi connectivity index (χ0) is 40.8. The second kappa shape index (κ2) is 13.5. The minimum absolute atomic E-state index is 0.440. The maximum Gasteiger partial charge on any atom is 0.0726 e.